The third kappa shape index (κ3) is 6.52. The zero-order valence-electron chi connectivity index (χ0n) is 11.8. The molecule has 1 atom stereocenters. The van der Waals surface area contributed by atoms with E-state index in [0.29, 0.717) is 0 Å². The minimum atomic E-state index is -2.35. The Kier molecular flexibility index (Phi) is 10.1. The van der Waals surface area contributed by atoms with Crippen LogP contribution in [-0.2, 0) is 13.3 Å². The molecule has 0 aromatic carbocycles. The highest BCUT2D eigenvalue weighted by Crippen LogP contribution is 2.22. The van der Waals surface area contributed by atoms with E-state index in [1.54, 1.807) is 21.3 Å². The Morgan fingerprint density at radius 1 is 1.00 bits per heavy atom. The number of hydrogen-bond acceptors (Lipinski definition) is 4. The first kappa shape index (κ1) is 17.1. The maximum atomic E-state index is 5.54. The molecule has 0 amide bonds. The topological polar surface area (TPSA) is 53.7 Å². The van der Waals surface area contributed by atoms with Crippen LogP contribution in [-0.4, -0.2) is 36.7 Å². The second-order valence-corrected chi connectivity index (χ2v) is 7.48. The van der Waals surface area contributed by atoms with Crippen molar-refractivity contribution < 1.29 is 13.3 Å². The lowest BCUT2D eigenvalue weighted by Gasteiger charge is -2.25. The fourth-order valence-corrected chi connectivity index (χ4v) is 3.87. The largest absolute Gasteiger partial charge is 0.500 e. The van der Waals surface area contributed by atoms with Gasteiger partial charge in [-0.05, 0) is 31.7 Å². The highest BCUT2D eigenvalue weighted by atomic mass is 28.4. The van der Waals surface area contributed by atoms with Crippen molar-refractivity contribution in [1.29, 1.82) is 0 Å². The van der Waals surface area contributed by atoms with Gasteiger partial charge in [-0.2, -0.15) is 0 Å². The SMILES string of the molecule is CCC(CCCN)CCC[Si](OC)(OC)OC. The van der Waals surface area contributed by atoms with Gasteiger partial charge in [-0.15, -0.1) is 0 Å². The first-order valence-electron chi connectivity index (χ1n) is 6.53. The maximum absolute atomic E-state index is 5.54. The van der Waals surface area contributed by atoms with Crippen LogP contribution in [0.25, 0.3) is 0 Å². The number of rotatable bonds is 11. The van der Waals surface area contributed by atoms with Gasteiger partial charge in [0.2, 0.25) is 0 Å². The zero-order chi connectivity index (χ0) is 13.1. The second-order valence-electron chi connectivity index (χ2n) is 4.39. The summed E-state index contributed by atoms with van der Waals surface area (Å²) in [7, 11) is 2.66. The van der Waals surface area contributed by atoms with E-state index in [1.807, 2.05) is 0 Å². The Bertz CT molecular complexity index is 169. The molecule has 4 nitrogen and oxygen atoms in total. The Labute approximate surface area is 107 Å². The first-order valence-corrected chi connectivity index (χ1v) is 8.46. The van der Waals surface area contributed by atoms with Crippen molar-refractivity contribution in [3.8, 4) is 0 Å². The predicted molar refractivity (Wildman–Crippen MR) is 72.9 cm³/mol. The summed E-state index contributed by atoms with van der Waals surface area (Å²) in [5.41, 5.74) is 5.54. The van der Waals surface area contributed by atoms with Crippen molar-refractivity contribution in [3.63, 3.8) is 0 Å². The van der Waals surface area contributed by atoms with Crippen LogP contribution in [0.15, 0.2) is 0 Å². The molecule has 17 heavy (non-hydrogen) atoms. The van der Waals surface area contributed by atoms with E-state index in [0.717, 1.165) is 31.3 Å². The molecule has 0 aromatic heterocycles. The highest BCUT2D eigenvalue weighted by molar-refractivity contribution is 6.60. The molecule has 0 saturated heterocycles. The molecule has 0 heterocycles. The van der Waals surface area contributed by atoms with Crippen molar-refractivity contribution in [2.24, 2.45) is 11.7 Å². The summed E-state index contributed by atoms with van der Waals surface area (Å²) in [4.78, 5) is 0. The maximum Gasteiger partial charge on any atom is 0.500 e. The van der Waals surface area contributed by atoms with Crippen LogP contribution in [0.5, 0.6) is 0 Å². The molecular formula is C12H29NO3Si. The Balaban J connectivity index is 3.92. The lowest BCUT2D eigenvalue weighted by atomic mass is 9.95. The summed E-state index contributed by atoms with van der Waals surface area (Å²) in [6.07, 6.45) is 5.89. The minimum absolute atomic E-state index is 0.774. The summed E-state index contributed by atoms with van der Waals surface area (Å²) in [5.74, 6) is 0.774. The van der Waals surface area contributed by atoms with E-state index in [4.69, 9.17) is 19.0 Å². The second kappa shape index (κ2) is 10.0. The van der Waals surface area contributed by atoms with Crippen LogP contribution >= 0.6 is 0 Å². The summed E-state index contributed by atoms with van der Waals surface area (Å²) in [6.45, 7) is 3.04. The lowest BCUT2D eigenvalue weighted by Crippen LogP contribution is -2.42. The van der Waals surface area contributed by atoms with Crippen molar-refractivity contribution in [1.82, 2.24) is 0 Å². The van der Waals surface area contributed by atoms with Gasteiger partial charge < -0.3 is 19.0 Å². The molecule has 0 aliphatic rings. The molecular weight excluding hydrogens is 234 g/mol. The third-order valence-electron chi connectivity index (χ3n) is 3.42. The summed E-state index contributed by atoms with van der Waals surface area (Å²) >= 11 is 0. The smallest absolute Gasteiger partial charge is 0.377 e. The molecule has 0 aliphatic carbocycles. The third-order valence-corrected chi connectivity index (χ3v) is 6.25. The molecule has 0 bridgehead atoms. The molecule has 5 heteroatoms. The molecule has 0 fully saturated rings. The van der Waals surface area contributed by atoms with Gasteiger partial charge in [-0.25, -0.2) is 0 Å². The average molecular weight is 263 g/mol. The Morgan fingerprint density at radius 2 is 1.53 bits per heavy atom. The molecule has 0 aliphatic heterocycles. The lowest BCUT2D eigenvalue weighted by molar-refractivity contribution is 0.122. The Morgan fingerprint density at radius 3 is 1.94 bits per heavy atom. The fraction of sp³-hybridized carbons (Fsp3) is 1.00. The van der Waals surface area contributed by atoms with E-state index in [1.165, 1.54) is 19.3 Å². The number of hydrogen-bond donors (Lipinski definition) is 1. The summed E-state index contributed by atoms with van der Waals surface area (Å²) in [6, 6.07) is 0.898. The van der Waals surface area contributed by atoms with Crippen LogP contribution in [0.1, 0.15) is 39.0 Å². The number of nitrogens with two attached hydrogens (primary N) is 1. The van der Waals surface area contributed by atoms with E-state index in [-0.39, 0.29) is 0 Å². The predicted octanol–water partition coefficient (Wildman–Crippen LogP) is 2.41. The molecule has 104 valence electrons. The fourth-order valence-electron chi connectivity index (χ4n) is 2.12. The van der Waals surface area contributed by atoms with E-state index < -0.39 is 8.80 Å². The van der Waals surface area contributed by atoms with Gasteiger partial charge >= 0.3 is 8.80 Å². The van der Waals surface area contributed by atoms with Crippen LogP contribution < -0.4 is 5.73 Å². The minimum Gasteiger partial charge on any atom is -0.377 e. The molecule has 0 rings (SSSR count). The van der Waals surface area contributed by atoms with Gasteiger partial charge in [-0.3, -0.25) is 0 Å². The van der Waals surface area contributed by atoms with Gasteiger partial charge in [0.25, 0.3) is 0 Å². The van der Waals surface area contributed by atoms with Gasteiger partial charge in [0, 0.05) is 27.4 Å². The molecule has 0 saturated carbocycles. The summed E-state index contributed by atoms with van der Waals surface area (Å²) < 4.78 is 16.2. The molecule has 2 N–H and O–H groups in total. The van der Waals surface area contributed by atoms with Crippen LogP contribution in [0.2, 0.25) is 6.04 Å². The molecule has 0 aromatic rings. The van der Waals surface area contributed by atoms with Gasteiger partial charge in [-0.1, -0.05) is 19.8 Å². The molecule has 1 unspecified atom stereocenters. The Hall–Kier alpha value is 0.0569. The van der Waals surface area contributed by atoms with Crippen molar-refractivity contribution in [2.45, 2.75) is 45.1 Å². The quantitative estimate of drug-likeness (QED) is 0.582. The van der Waals surface area contributed by atoms with Gasteiger partial charge in [0.05, 0.1) is 0 Å². The summed E-state index contributed by atoms with van der Waals surface area (Å²) in [5, 5.41) is 0. The first-order chi connectivity index (χ1) is 8.17. The van der Waals surface area contributed by atoms with Crippen LogP contribution in [0.3, 0.4) is 0 Å². The normalized spacial score (nSPS) is 13.9. The van der Waals surface area contributed by atoms with Crippen molar-refractivity contribution in [2.75, 3.05) is 27.9 Å². The highest BCUT2D eigenvalue weighted by Gasteiger charge is 2.36. The monoisotopic (exact) mass is 263 g/mol. The molecule has 0 spiro atoms. The van der Waals surface area contributed by atoms with Gasteiger partial charge in [0.1, 0.15) is 0 Å². The van der Waals surface area contributed by atoms with Gasteiger partial charge in [0.15, 0.2) is 0 Å². The van der Waals surface area contributed by atoms with E-state index in [2.05, 4.69) is 6.92 Å². The van der Waals surface area contributed by atoms with Crippen molar-refractivity contribution in [3.05, 3.63) is 0 Å². The van der Waals surface area contributed by atoms with Crippen molar-refractivity contribution >= 4 is 8.80 Å². The molecule has 0 radical (unpaired) electrons. The van der Waals surface area contributed by atoms with E-state index >= 15 is 0 Å². The van der Waals surface area contributed by atoms with Crippen LogP contribution in [0, 0.1) is 5.92 Å². The average Bonchev–Trinajstić information content (AvgIpc) is 2.39. The standard InChI is InChI=1S/C12H29NO3Si/c1-5-12(8-6-10-13)9-7-11-17(14-2,15-3)16-4/h12H,5-11,13H2,1-4H3. The van der Waals surface area contributed by atoms with E-state index in [9.17, 15) is 0 Å². The van der Waals surface area contributed by atoms with Crippen LogP contribution in [0.4, 0.5) is 0 Å². The zero-order valence-corrected chi connectivity index (χ0v) is 12.8.